The van der Waals surface area contributed by atoms with Gasteiger partial charge in [-0.3, -0.25) is 9.69 Å². The summed E-state index contributed by atoms with van der Waals surface area (Å²) in [5, 5.41) is 1.20. The third-order valence-corrected chi connectivity index (χ3v) is 10.1. The van der Waals surface area contributed by atoms with Crippen molar-refractivity contribution in [2.75, 3.05) is 18.0 Å². The van der Waals surface area contributed by atoms with Gasteiger partial charge >= 0.3 is 0 Å². The lowest BCUT2D eigenvalue weighted by Crippen LogP contribution is -2.32. The Balaban J connectivity index is 1.47. The minimum Gasteiger partial charge on any atom is -0.279 e. The third kappa shape index (κ3) is 5.43. The number of carbonyl (C=O) groups excluding carboxylic acids is 1. The second kappa shape index (κ2) is 10.9. The van der Waals surface area contributed by atoms with Crippen molar-refractivity contribution in [1.29, 1.82) is 0 Å². The molecule has 0 saturated carbocycles. The van der Waals surface area contributed by atoms with E-state index in [1.54, 1.807) is 21.3 Å². The average Bonchev–Trinajstić information content (AvgIpc) is 3.15. The summed E-state index contributed by atoms with van der Waals surface area (Å²) in [5.41, 5.74) is 3.01. The highest BCUT2D eigenvalue weighted by Gasteiger charge is 2.27. The molecule has 37 heavy (non-hydrogen) atoms. The molecule has 2 heterocycles. The van der Waals surface area contributed by atoms with Crippen LogP contribution in [0.2, 0.25) is 5.02 Å². The van der Waals surface area contributed by atoms with Crippen molar-refractivity contribution >= 4 is 54.2 Å². The molecule has 1 aliphatic rings. The van der Waals surface area contributed by atoms with Crippen LogP contribution in [0.1, 0.15) is 47.2 Å². The number of rotatable bonds is 6. The summed E-state index contributed by atoms with van der Waals surface area (Å²) in [6.07, 6.45) is 3.84. The SMILES string of the molecule is Cc1c(Cl)ccc2sc(N(Cc3ccccc3)C(=O)c3ccc(S(=O)(=O)N4CCCCCC4)cc3)nc12. The van der Waals surface area contributed by atoms with E-state index in [1.807, 2.05) is 49.4 Å². The van der Waals surface area contributed by atoms with Gasteiger partial charge in [0.25, 0.3) is 5.91 Å². The fourth-order valence-corrected chi connectivity index (χ4v) is 7.25. The maximum atomic E-state index is 13.8. The predicted molar refractivity (Wildman–Crippen MR) is 150 cm³/mol. The number of aryl methyl sites for hydroxylation is 1. The summed E-state index contributed by atoms with van der Waals surface area (Å²) >= 11 is 7.74. The molecular weight excluding hydrogens is 526 g/mol. The number of hydrogen-bond donors (Lipinski definition) is 0. The van der Waals surface area contributed by atoms with Gasteiger partial charge in [0.15, 0.2) is 5.13 Å². The van der Waals surface area contributed by atoms with E-state index in [2.05, 4.69) is 0 Å². The first kappa shape index (κ1) is 25.9. The molecule has 9 heteroatoms. The van der Waals surface area contributed by atoms with Gasteiger partial charge in [0.2, 0.25) is 10.0 Å². The Morgan fingerprint density at radius 1 is 0.973 bits per heavy atom. The zero-order valence-corrected chi connectivity index (χ0v) is 23.0. The van der Waals surface area contributed by atoms with Crippen molar-refractivity contribution in [3.05, 3.63) is 88.4 Å². The number of amides is 1. The molecular formula is C28H28ClN3O3S2. The van der Waals surface area contributed by atoms with Crippen LogP contribution in [0.25, 0.3) is 10.2 Å². The molecule has 3 aromatic carbocycles. The fourth-order valence-electron chi connectivity index (χ4n) is 4.55. The highest BCUT2D eigenvalue weighted by molar-refractivity contribution is 7.89. The van der Waals surface area contributed by atoms with Gasteiger partial charge in [-0.1, -0.05) is 66.1 Å². The van der Waals surface area contributed by atoms with Gasteiger partial charge in [0, 0.05) is 23.7 Å². The van der Waals surface area contributed by atoms with Crippen molar-refractivity contribution in [3.8, 4) is 0 Å². The first-order valence-corrected chi connectivity index (χ1v) is 15.0. The van der Waals surface area contributed by atoms with E-state index in [0.29, 0.717) is 35.4 Å². The van der Waals surface area contributed by atoms with Gasteiger partial charge in [-0.15, -0.1) is 0 Å². The molecule has 6 nitrogen and oxygen atoms in total. The highest BCUT2D eigenvalue weighted by Crippen LogP contribution is 2.35. The lowest BCUT2D eigenvalue weighted by molar-refractivity contribution is 0.0985. The van der Waals surface area contributed by atoms with Crippen molar-refractivity contribution in [1.82, 2.24) is 9.29 Å². The monoisotopic (exact) mass is 553 g/mol. The van der Waals surface area contributed by atoms with Crippen LogP contribution in [0.3, 0.4) is 0 Å². The molecule has 1 aromatic heterocycles. The van der Waals surface area contributed by atoms with Crippen LogP contribution in [0, 0.1) is 6.92 Å². The van der Waals surface area contributed by atoms with Gasteiger partial charge in [0.05, 0.1) is 21.7 Å². The Labute approximate surface area is 226 Å². The number of fused-ring (bicyclic) bond motifs is 1. The van der Waals surface area contributed by atoms with Crippen LogP contribution in [-0.2, 0) is 16.6 Å². The first-order chi connectivity index (χ1) is 17.8. The van der Waals surface area contributed by atoms with Crippen molar-refractivity contribution in [3.63, 3.8) is 0 Å². The van der Waals surface area contributed by atoms with Crippen LogP contribution in [0.4, 0.5) is 5.13 Å². The zero-order chi connectivity index (χ0) is 26.0. The molecule has 0 bridgehead atoms. The van der Waals surface area contributed by atoms with Crippen molar-refractivity contribution in [2.45, 2.75) is 44.0 Å². The maximum Gasteiger partial charge on any atom is 0.260 e. The Morgan fingerprint density at radius 2 is 1.65 bits per heavy atom. The second-order valence-corrected chi connectivity index (χ2v) is 12.6. The van der Waals surface area contributed by atoms with Gasteiger partial charge in [-0.25, -0.2) is 13.4 Å². The van der Waals surface area contributed by atoms with Gasteiger partial charge < -0.3 is 0 Å². The van der Waals surface area contributed by atoms with E-state index in [9.17, 15) is 13.2 Å². The van der Waals surface area contributed by atoms with E-state index >= 15 is 0 Å². The number of thiazole rings is 1. The Kier molecular flexibility index (Phi) is 7.62. The molecule has 0 unspecified atom stereocenters. The molecule has 0 N–H and O–H groups in total. The molecule has 1 amide bonds. The Hall–Kier alpha value is -2.78. The van der Waals surface area contributed by atoms with Crippen molar-refractivity contribution in [2.24, 2.45) is 0 Å². The largest absolute Gasteiger partial charge is 0.279 e. The summed E-state index contributed by atoms with van der Waals surface area (Å²) in [6, 6.07) is 19.8. The summed E-state index contributed by atoms with van der Waals surface area (Å²) in [4.78, 5) is 20.4. The molecule has 0 radical (unpaired) electrons. The first-order valence-electron chi connectivity index (χ1n) is 12.4. The number of anilines is 1. The normalized spacial score (nSPS) is 15.0. The minimum absolute atomic E-state index is 0.214. The third-order valence-electron chi connectivity index (χ3n) is 6.70. The second-order valence-electron chi connectivity index (χ2n) is 9.24. The average molecular weight is 554 g/mol. The Bertz CT molecular complexity index is 1510. The van der Waals surface area contributed by atoms with Crippen LogP contribution in [0.15, 0.2) is 71.6 Å². The highest BCUT2D eigenvalue weighted by atomic mass is 35.5. The quantitative estimate of drug-likeness (QED) is 0.267. The van der Waals surface area contributed by atoms with E-state index < -0.39 is 10.0 Å². The van der Waals surface area contributed by atoms with E-state index in [-0.39, 0.29) is 10.8 Å². The molecule has 0 atom stereocenters. The fraction of sp³-hybridized carbons (Fsp3) is 0.286. The predicted octanol–water partition coefficient (Wildman–Crippen LogP) is 6.67. The van der Waals surface area contributed by atoms with Crippen LogP contribution >= 0.6 is 22.9 Å². The van der Waals surface area contributed by atoms with E-state index in [1.165, 1.54) is 23.5 Å². The number of halogens is 1. The van der Waals surface area contributed by atoms with Crippen LogP contribution in [-0.4, -0.2) is 36.7 Å². The number of carbonyl (C=O) groups is 1. The van der Waals surface area contributed by atoms with Crippen LogP contribution < -0.4 is 4.90 Å². The van der Waals surface area contributed by atoms with Crippen molar-refractivity contribution < 1.29 is 13.2 Å². The summed E-state index contributed by atoms with van der Waals surface area (Å²) < 4.78 is 28.9. The van der Waals surface area contributed by atoms with E-state index in [4.69, 9.17) is 16.6 Å². The molecule has 0 spiro atoms. The lowest BCUT2D eigenvalue weighted by atomic mass is 10.1. The minimum atomic E-state index is -3.59. The van der Waals surface area contributed by atoms with Gasteiger partial charge in [-0.2, -0.15) is 4.31 Å². The molecule has 4 aromatic rings. The number of nitrogens with zero attached hydrogens (tertiary/aromatic N) is 3. The zero-order valence-electron chi connectivity index (χ0n) is 20.6. The standard InChI is InChI=1S/C28H28ClN3O3S2/c1-20-24(29)15-16-25-26(20)30-28(36-25)32(19-21-9-5-4-6-10-21)27(33)22-11-13-23(14-12-22)37(34,35)31-17-7-2-3-8-18-31/h4-6,9-16H,2-3,7-8,17-19H2,1H3. The summed E-state index contributed by atoms with van der Waals surface area (Å²) in [5.74, 6) is -0.245. The van der Waals surface area contributed by atoms with Gasteiger partial charge in [0.1, 0.15) is 0 Å². The van der Waals surface area contributed by atoms with E-state index in [0.717, 1.165) is 47.0 Å². The Morgan fingerprint density at radius 3 is 2.32 bits per heavy atom. The number of sulfonamides is 1. The molecule has 1 aliphatic heterocycles. The molecule has 0 aliphatic carbocycles. The number of hydrogen-bond acceptors (Lipinski definition) is 5. The molecule has 192 valence electrons. The number of aromatic nitrogens is 1. The molecule has 5 rings (SSSR count). The smallest absolute Gasteiger partial charge is 0.260 e. The lowest BCUT2D eigenvalue weighted by Gasteiger charge is -2.21. The van der Waals surface area contributed by atoms with Crippen LogP contribution in [0.5, 0.6) is 0 Å². The number of benzene rings is 3. The topological polar surface area (TPSA) is 70.6 Å². The molecule has 1 saturated heterocycles. The van der Waals surface area contributed by atoms with Gasteiger partial charge in [-0.05, 0) is 67.3 Å². The molecule has 1 fully saturated rings. The summed E-state index contributed by atoms with van der Waals surface area (Å²) in [7, 11) is -3.59. The summed E-state index contributed by atoms with van der Waals surface area (Å²) in [6.45, 7) is 3.32. The maximum absolute atomic E-state index is 13.8.